The Balaban J connectivity index is 4.22. The molecule has 0 amide bonds. The zero-order valence-electron chi connectivity index (χ0n) is 33.9. The lowest BCUT2D eigenvalue weighted by Gasteiger charge is -2.20. The Morgan fingerprint density at radius 3 is 1.56 bits per heavy atom. The smallest absolute Gasteiger partial charge is 0.457 e. The maximum Gasteiger partial charge on any atom is 0.472 e. The molecule has 0 aromatic carbocycles. The molecule has 0 aliphatic heterocycles. The van der Waals surface area contributed by atoms with Crippen LogP contribution in [0.3, 0.4) is 0 Å². The quantitative estimate of drug-likeness (QED) is 0.0276. The van der Waals surface area contributed by atoms with E-state index < -0.39 is 13.9 Å². The van der Waals surface area contributed by atoms with Gasteiger partial charge in [0.25, 0.3) is 0 Å². The minimum absolute atomic E-state index is 0.0640. The summed E-state index contributed by atoms with van der Waals surface area (Å²) in [7, 11) is -4.30. The summed E-state index contributed by atoms with van der Waals surface area (Å²) in [5.74, 6) is -0.369. The summed E-state index contributed by atoms with van der Waals surface area (Å²) in [4.78, 5) is 22.4. The number of rotatable bonds is 38. The van der Waals surface area contributed by atoms with Crippen molar-refractivity contribution in [3.63, 3.8) is 0 Å². The number of hydrogen-bond acceptors (Lipinski definition) is 7. The predicted molar refractivity (Wildman–Crippen MR) is 228 cm³/mol. The second-order valence-corrected chi connectivity index (χ2v) is 14.6. The molecular formula is C45H76NO7P. The van der Waals surface area contributed by atoms with Crippen molar-refractivity contribution in [2.24, 2.45) is 5.73 Å². The van der Waals surface area contributed by atoms with Gasteiger partial charge in [-0.2, -0.15) is 0 Å². The Labute approximate surface area is 330 Å². The Morgan fingerprint density at radius 2 is 1.04 bits per heavy atom. The molecule has 0 rings (SSSR count). The molecule has 0 bridgehead atoms. The van der Waals surface area contributed by atoms with Gasteiger partial charge in [0.2, 0.25) is 0 Å². The first-order chi connectivity index (χ1) is 26.4. The first-order valence-electron chi connectivity index (χ1n) is 20.7. The predicted octanol–water partition coefficient (Wildman–Crippen LogP) is 12.3. The number of carbonyl (C=O) groups is 1. The molecule has 8 nitrogen and oxygen atoms in total. The number of unbranched alkanes of at least 4 members (excludes halogenated alkanes) is 9. The van der Waals surface area contributed by atoms with Crippen molar-refractivity contribution in [1.82, 2.24) is 0 Å². The number of phosphoric acid groups is 1. The Hall–Kier alpha value is -2.58. The van der Waals surface area contributed by atoms with E-state index in [1.807, 2.05) is 0 Å². The number of phosphoric ester groups is 1. The van der Waals surface area contributed by atoms with E-state index in [0.29, 0.717) is 6.61 Å². The van der Waals surface area contributed by atoms with Gasteiger partial charge in [0.15, 0.2) is 0 Å². The van der Waals surface area contributed by atoms with Crippen molar-refractivity contribution in [3.8, 4) is 0 Å². The SMILES string of the molecule is CC/C=C\C/C=C\C/C=C\C/C=C\C/C=C\C/C=C\CCCOCC(COP(=O)(O)OCCN)OC(=O)CCCCCCC/C=C\C/C=C\CCCCC. The van der Waals surface area contributed by atoms with E-state index >= 15 is 0 Å². The molecule has 308 valence electrons. The van der Waals surface area contributed by atoms with Crippen molar-refractivity contribution in [2.75, 3.05) is 33.0 Å². The highest BCUT2D eigenvalue weighted by atomic mass is 31.2. The van der Waals surface area contributed by atoms with Crippen LogP contribution in [0.2, 0.25) is 0 Å². The van der Waals surface area contributed by atoms with Crippen LogP contribution in [-0.4, -0.2) is 49.9 Å². The molecule has 2 atom stereocenters. The summed E-state index contributed by atoms with van der Waals surface area (Å²) in [6, 6.07) is 0. The van der Waals surface area contributed by atoms with E-state index in [0.717, 1.165) is 96.3 Å². The molecule has 0 spiro atoms. The molecule has 9 heteroatoms. The number of carbonyl (C=O) groups excluding carboxylic acids is 1. The average molecular weight is 774 g/mol. The standard InChI is InChI=1S/C45H76NO7P/c1-3-5-7-9-11-13-15-17-19-20-21-22-23-25-27-29-31-33-35-37-40-50-42-44(43-52-54(48,49)51-41-39-46)53-45(47)38-36-34-32-30-28-26-24-18-16-14-12-10-8-6-4-2/h5,7,11-14,17-19,21-22,24-25,27,31,33,44H,3-4,6,8-10,15-16,20,23,26,28-30,32,34-43,46H2,1-2H3,(H,48,49)/b7-5-,13-11-,14-12-,19-17-,22-21-,24-18-,27-25-,33-31-. The fraction of sp³-hybridized carbons (Fsp3) is 0.622. The fourth-order valence-corrected chi connectivity index (χ4v) is 5.75. The van der Waals surface area contributed by atoms with Crippen molar-refractivity contribution < 1.29 is 32.8 Å². The molecule has 0 fully saturated rings. The van der Waals surface area contributed by atoms with Crippen LogP contribution in [0.15, 0.2) is 97.2 Å². The lowest BCUT2D eigenvalue weighted by molar-refractivity contribution is -0.154. The minimum atomic E-state index is -4.30. The largest absolute Gasteiger partial charge is 0.472 e. The summed E-state index contributed by atoms with van der Waals surface area (Å²) < 4.78 is 33.3. The van der Waals surface area contributed by atoms with Crippen LogP contribution in [0, 0.1) is 0 Å². The summed E-state index contributed by atoms with van der Waals surface area (Å²) >= 11 is 0. The second-order valence-electron chi connectivity index (χ2n) is 13.1. The summed E-state index contributed by atoms with van der Waals surface area (Å²) in [6.07, 6.45) is 54.3. The van der Waals surface area contributed by atoms with Crippen LogP contribution in [0.5, 0.6) is 0 Å². The van der Waals surface area contributed by atoms with Gasteiger partial charge in [0.05, 0.1) is 19.8 Å². The number of ether oxygens (including phenoxy) is 2. The van der Waals surface area contributed by atoms with E-state index in [1.165, 1.54) is 25.7 Å². The van der Waals surface area contributed by atoms with Crippen LogP contribution in [0.4, 0.5) is 0 Å². The monoisotopic (exact) mass is 774 g/mol. The van der Waals surface area contributed by atoms with Gasteiger partial charge in [0.1, 0.15) is 6.10 Å². The molecule has 0 aromatic rings. The lowest BCUT2D eigenvalue weighted by Crippen LogP contribution is -2.28. The third-order valence-electron chi connectivity index (χ3n) is 7.99. The van der Waals surface area contributed by atoms with Crippen LogP contribution in [0.25, 0.3) is 0 Å². The van der Waals surface area contributed by atoms with Gasteiger partial charge in [0, 0.05) is 19.6 Å². The van der Waals surface area contributed by atoms with Crippen molar-refractivity contribution in [1.29, 1.82) is 0 Å². The van der Waals surface area contributed by atoms with E-state index in [-0.39, 0.29) is 38.8 Å². The molecule has 2 unspecified atom stereocenters. The normalized spacial score (nSPS) is 14.5. The maximum absolute atomic E-state index is 12.6. The highest BCUT2D eigenvalue weighted by molar-refractivity contribution is 7.47. The van der Waals surface area contributed by atoms with Crippen molar-refractivity contribution >= 4 is 13.8 Å². The van der Waals surface area contributed by atoms with Gasteiger partial charge in [-0.05, 0) is 89.9 Å². The highest BCUT2D eigenvalue weighted by Crippen LogP contribution is 2.43. The zero-order valence-corrected chi connectivity index (χ0v) is 34.8. The highest BCUT2D eigenvalue weighted by Gasteiger charge is 2.25. The molecular weight excluding hydrogens is 697 g/mol. The van der Waals surface area contributed by atoms with E-state index in [9.17, 15) is 14.3 Å². The topological polar surface area (TPSA) is 117 Å². The molecule has 0 saturated heterocycles. The first-order valence-corrected chi connectivity index (χ1v) is 22.2. The Bertz CT molecular complexity index is 1140. The Morgan fingerprint density at radius 1 is 0.574 bits per heavy atom. The fourth-order valence-electron chi connectivity index (χ4n) is 4.98. The molecule has 0 heterocycles. The second kappa shape index (κ2) is 41.6. The third kappa shape index (κ3) is 40.6. The zero-order chi connectivity index (χ0) is 39.5. The molecule has 0 radical (unpaired) electrons. The van der Waals surface area contributed by atoms with Crippen LogP contribution < -0.4 is 5.73 Å². The molecule has 0 aliphatic rings. The minimum Gasteiger partial charge on any atom is -0.457 e. The molecule has 0 aromatic heterocycles. The van der Waals surface area contributed by atoms with Crippen LogP contribution >= 0.6 is 7.82 Å². The number of hydrogen-bond donors (Lipinski definition) is 2. The first kappa shape index (κ1) is 51.4. The van der Waals surface area contributed by atoms with E-state index in [2.05, 4.69) is 111 Å². The van der Waals surface area contributed by atoms with E-state index in [4.69, 9.17) is 24.3 Å². The van der Waals surface area contributed by atoms with Gasteiger partial charge in [-0.3, -0.25) is 13.8 Å². The summed E-state index contributed by atoms with van der Waals surface area (Å²) in [6.45, 7) is 4.56. The van der Waals surface area contributed by atoms with Gasteiger partial charge >= 0.3 is 13.8 Å². The van der Waals surface area contributed by atoms with Gasteiger partial charge < -0.3 is 20.1 Å². The van der Waals surface area contributed by atoms with E-state index in [1.54, 1.807) is 0 Å². The summed E-state index contributed by atoms with van der Waals surface area (Å²) in [5, 5.41) is 0. The number of allylic oxidation sites excluding steroid dienone is 16. The molecule has 54 heavy (non-hydrogen) atoms. The van der Waals surface area contributed by atoms with Gasteiger partial charge in [-0.1, -0.05) is 143 Å². The third-order valence-corrected chi connectivity index (χ3v) is 8.97. The molecule has 3 N–H and O–H groups in total. The molecule has 0 saturated carbocycles. The average Bonchev–Trinajstić information content (AvgIpc) is 3.16. The van der Waals surface area contributed by atoms with Gasteiger partial charge in [-0.25, -0.2) is 4.57 Å². The van der Waals surface area contributed by atoms with Gasteiger partial charge in [-0.15, -0.1) is 0 Å². The lowest BCUT2D eigenvalue weighted by atomic mass is 10.1. The number of nitrogens with two attached hydrogens (primary N) is 1. The number of esters is 1. The maximum atomic E-state index is 12.6. The van der Waals surface area contributed by atoms with Crippen molar-refractivity contribution in [3.05, 3.63) is 97.2 Å². The Kier molecular flexibility index (Phi) is 39.6. The van der Waals surface area contributed by atoms with Crippen LogP contribution in [0.1, 0.15) is 142 Å². The summed E-state index contributed by atoms with van der Waals surface area (Å²) in [5.41, 5.74) is 5.36. The van der Waals surface area contributed by atoms with Crippen molar-refractivity contribution in [2.45, 2.75) is 148 Å². The molecule has 0 aliphatic carbocycles. The van der Waals surface area contributed by atoms with Crippen LogP contribution in [-0.2, 0) is 27.9 Å².